The van der Waals surface area contributed by atoms with E-state index in [4.69, 9.17) is 21.1 Å². The first-order chi connectivity index (χ1) is 9.67. The molecular weight excluding hydrogens is 295 g/mol. The standard InChI is InChI=1S/C15H14ClO3P/c1-18-12-9-8-11(16)14(19-2)13(12)15(17)20-10-6-4-3-5-7-10/h3-9,17H,1-2H3/p-1. The van der Waals surface area contributed by atoms with Crippen LogP contribution in [0.25, 0.3) is 0 Å². The molecule has 0 atom stereocenters. The van der Waals surface area contributed by atoms with Gasteiger partial charge in [-0.1, -0.05) is 55.6 Å². The molecule has 0 amide bonds. The Balaban J connectivity index is 2.56. The van der Waals surface area contributed by atoms with Gasteiger partial charge in [0.1, 0.15) is 11.5 Å². The Labute approximate surface area is 124 Å². The van der Waals surface area contributed by atoms with E-state index in [1.54, 1.807) is 12.1 Å². The van der Waals surface area contributed by atoms with Crippen LogP contribution in [0.5, 0.6) is 11.5 Å². The summed E-state index contributed by atoms with van der Waals surface area (Å²) in [5, 5.41) is 13.8. The molecule has 0 bridgehead atoms. The minimum atomic E-state index is -0.118. The van der Waals surface area contributed by atoms with Crippen LogP contribution in [0.2, 0.25) is 5.02 Å². The fourth-order valence-corrected chi connectivity index (χ4v) is 2.90. The SMILES string of the molecule is COc1ccc(Cl)c(OC)c1C([O-])=Pc1ccccc1. The third kappa shape index (κ3) is 3.13. The molecule has 5 heteroatoms. The summed E-state index contributed by atoms with van der Waals surface area (Å²) in [6, 6.07) is 12.8. The molecule has 20 heavy (non-hydrogen) atoms. The lowest BCUT2D eigenvalue weighted by Gasteiger charge is -2.20. The minimum Gasteiger partial charge on any atom is -0.823 e. The Hall–Kier alpha value is -1.54. The summed E-state index contributed by atoms with van der Waals surface area (Å²) in [5.74, 6) is 0.805. The molecule has 0 N–H and O–H groups in total. The molecule has 0 aliphatic rings. The summed E-state index contributed by atoms with van der Waals surface area (Å²) in [4.78, 5) is 0. The van der Waals surface area contributed by atoms with Gasteiger partial charge in [-0.2, -0.15) is 0 Å². The van der Waals surface area contributed by atoms with Crippen molar-refractivity contribution in [3.05, 3.63) is 53.1 Å². The van der Waals surface area contributed by atoms with Gasteiger partial charge in [0.25, 0.3) is 0 Å². The monoisotopic (exact) mass is 307 g/mol. The second-order valence-corrected chi connectivity index (χ2v) is 5.46. The molecule has 0 fully saturated rings. The summed E-state index contributed by atoms with van der Waals surface area (Å²) in [6.07, 6.45) is 0. The van der Waals surface area contributed by atoms with Gasteiger partial charge < -0.3 is 14.6 Å². The van der Waals surface area contributed by atoms with E-state index in [0.717, 1.165) is 5.30 Å². The normalized spacial score (nSPS) is 11.3. The van der Waals surface area contributed by atoms with E-state index in [-0.39, 0.29) is 5.48 Å². The van der Waals surface area contributed by atoms with E-state index in [1.165, 1.54) is 14.2 Å². The van der Waals surface area contributed by atoms with Crippen molar-refractivity contribution >= 4 is 30.6 Å². The highest BCUT2D eigenvalue weighted by Gasteiger charge is 2.13. The van der Waals surface area contributed by atoms with Crippen molar-refractivity contribution in [2.75, 3.05) is 14.2 Å². The molecule has 0 unspecified atom stereocenters. The first-order valence-electron chi connectivity index (χ1n) is 5.89. The molecule has 0 radical (unpaired) electrons. The second kappa shape index (κ2) is 6.76. The molecule has 0 aliphatic carbocycles. The molecule has 3 nitrogen and oxygen atoms in total. The average Bonchev–Trinajstić information content (AvgIpc) is 2.47. The molecule has 0 saturated heterocycles. The van der Waals surface area contributed by atoms with Crippen molar-refractivity contribution in [1.29, 1.82) is 0 Å². The maximum absolute atomic E-state index is 12.5. The van der Waals surface area contributed by atoms with Crippen LogP contribution < -0.4 is 19.9 Å². The molecule has 104 valence electrons. The molecule has 0 aromatic heterocycles. The lowest BCUT2D eigenvalue weighted by molar-refractivity contribution is -0.207. The molecule has 0 aliphatic heterocycles. The van der Waals surface area contributed by atoms with Crippen LogP contribution in [-0.4, -0.2) is 19.7 Å². The summed E-state index contributed by atoms with van der Waals surface area (Å²) < 4.78 is 10.5. The molecule has 0 saturated carbocycles. The van der Waals surface area contributed by atoms with E-state index in [1.807, 2.05) is 30.3 Å². The quantitative estimate of drug-likeness (QED) is 0.815. The van der Waals surface area contributed by atoms with Gasteiger partial charge in [0.15, 0.2) is 0 Å². The van der Waals surface area contributed by atoms with Crippen molar-refractivity contribution in [3.63, 3.8) is 0 Å². The molecule has 2 rings (SSSR count). The molecule has 0 spiro atoms. The van der Waals surface area contributed by atoms with Gasteiger partial charge in [0.2, 0.25) is 0 Å². The molecular formula is C15H13ClO3P-. The van der Waals surface area contributed by atoms with Gasteiger partial charge in [-0.3, -0.25) is 0 Å². The third-order valence-electron chi connectivity index (χ3n) is 2.70. The van der Waals surface area contributed by atoms with Crippen LogP contribution in [0.4, 0.5) is 0 Å². The highest BCUT2D eigenvalue weighted by molar-refractivity contribution is 7.49. The van der Waals surface area contributed by atoms with Crippen molar-refractivity contribution in [2.45, 2.75) is 0 Å². The summed E-state index contributed by atoms with van der Waals surface area (Å²) in [5.41, 5.74) is 0.250. The number of methoxy groups -OCH3 is 2. The Kier molecular flexibility index (Phi) is 5.02. The maximum atomic E-state index is 12.5. The smallest absolute Gasteiger partial charge is 0.147 e. The van der Waals surface area contributed by atoms with Crippen molar-refractivity contribution in [2.24, 2.45) is 0 Å². The topological polar surface area (TPSA) is 41.5 Å². The third-order valence-corrected chi connectivity index (χ3v) is 3.98. The van der Waals surface area contributed by atoms with Gasteiger partial charge in [0.05, 0.1) is 24.8 Å². The fourth-order valence-electron chi connectivity index (χ4n) is 1.79. The number of hydrogen-bond acceptors (Lipinski definition) is 3. The number of hydrogen-bond donors (Lipinski definition) is 0. The van der Waals surface area contributed by atoms with Gasteiger partial charge in [-0.25, -0.2) is 0 Å². The van der Waals surface area contributed by atoms with Gasteiger partial charge in [-0.05, 0) is 12.1 Å². The Morgan fingerprint density at radius 3 is 2.35 bits per heavy atom. The van der Waals surface area contributed by atoms with Crippen LogP contribution in [0.15, 0.2) is 42.5 Å². The van der Waals surface area contributed by atoms with E-state index in [9.17, 15) is 5.11 Å². The summed E-state index contributed by atoms with van der Waals surface area (Å²) >= 11 is 6.07. The highest BCUT2D eigenvalue weighted by Crippen LogP contribution is 2.35. The molecule has 0 heterocycles. The zero-order valence-corrected chi connectivity index (χ0v) is 12.7. The van der Waals surface area contributed by atoms with Gasteiger partial charge in [-0.15, -0.1) is 0 Å². The fraction of sp³-hybridized carbons (Fsp3) is 0.133. The number of benzene rings is 2. The van der Waals surface area contributed by atoms with Crippen LogP contribution in [0.1, 0.15) is 5.56 Å². The summed E-state index contributed by atoms with van der Waals surface area (Å²) in [6.45, 7) is 0. The van der Waals surface area contributed by atoms with E-state index in [2.05, 4.69) is 0 Å². The largest absolute Gasteiger partial charge is 0.823 e. The predicted octanol–water partition coefficient (Wildman–Crippen LogP) is 2.47. The van der Waals surface area contributed by atoms with Gasteiger partial charge in [0, 0.05) is 5.30 Å². The van der Waals surface area contributed by atoms with Crippen molar-refractivity contribution in [3.8, 4) is 11.5 Å². The Morgan fingerprint density at radius 1 is 1.05 bits per heavy atom. The number of ether oxygens (including phenoxy) is 2. The molecule has 2 aromatic carbocycles. The first-order valence-corrected chi connectivity index (χ1v) is 7.16. The first kappa shape index (κ1) is 14.9. The molecule has 2 aromatic rings. The van der Waals surface area contributed by atoms with Crippen LogP contribution in [0, 0.1) is 0 Å². The maximum Gasteiger partial charge on any atom is 0.147 e. The lowest BCUT2D eigenvalue weighted by atomic mass is 10.2. The van der Waals surface area contributed by atoms with Crippen LogP contribution in [0.3, 0.4) is 0 Å². The number of rotatable bonds is 4. The minimum absolute atomic E-state index is 0.118. The number of halogens is 1. The van der Waals surface area contributed by atoms with Crippen molar-refractivity contribution in [1.82, 2.24) is 0 Å². The predicted molar refractivity (Wildman–Crippen MR) is 81.7 cm³/mol. The van der Waals surface area contributed by atoms with Crippen molar-refractivity contribution < 1.29 is 14.6 Å². The summed E-state index contributed by atoms with van der Waals surface area (Å²) in [7, 11) is 3.55. The zero-order chi connectivity index (χ0) is 14.5. The van der Waals surface area contributed by atoms with E-state index in [0.29, 0.717) is 30.3 Å². The average molecular weight is 308 g/mol. The Bertz CT molecular complexity index is 627. The second-order valence-electron chi connectivity index (χ2n) is 3.91. The zero-order valence-electron chi connectivity index (χ0n) is 11.1. The van der Waals surface area contributed by atoms with E-state index >= 15 is 0 Å². The van der Waals surface area contributed by atoms with E-state index < -0.39 is 0 Å². The lowest BCUT2D eigenvalue weighted by Crippen LogP contribution is -2.19. The van der Waals surface area contributed by atoms with Crippen LogP contribution in [-0.2, 0) is 0 Å². The Morgan fingerprint density at radius 2 is 1.75 bits per heavy atom. The van der Waals surface area contributed by atoms with Crippen LogP contribution >= 0.6 is 19.8 Å². The van der Waals surface area contributed by atoms with Gasteiger partial charge >= 0.3 is 0 Å². The highest BCUT2D eigenvalue weighted by atomic mass is 35.5.